The quantitative estimate of drug-likeness (QED) is 0.351. The topological polar surface area (TPSA) is 69.0 Å². The predicted molar refractivity (Wildman–Crippen MR) is 116 cm³/mol. The number of ether oxygens (including phenoxy) is 2. The first-order valence-corrected chi connectivity index (χ1v) is 12.4. The second-order valence-corrected chi connectivity index (χ2v) is 11.9. The van der Waals surface area contributed by atoms with Gasteiger partial charge in [-0.05, 0) is 57.1 Å². The van der Waals surface area contributed by atoms with Crippen LogP contribution in [0.25, 0.3) is 0 Å². The SMILES string of the molecule is Cc1ccc([C@@H]2C=C3CC(=O)CC[C@]3(C)[C@@]34O[C@@H]3C[C@@]3(C)[C@@H](CC[C@@]35CCC(=O)O5)[C@H]24)o1. The number of hydrogen-bond donors (Lipinski definition) is 0. The molecule has 4 aliphatic carbocycles. The van der Waals surface area contributed by atoms with Crippen molar-refractivity contribution in [2.75, 3.05) is 0 Å². The zero-order valence-electron chi connectivity index (χ0n) is 19.2. The first-order chi connectivity index (χ1) is 15.2. The number of carbonyl (C=O) groups excluding carboxylic acids is 2. The maximum absolute atomic E-state index is 12.5. The van der Waals surface area contributed by atoms with Crippen LogP contribution >= 0.6 is 0 Å². The highest BCUT2D eigenvalue weighted by Crippen LogP contribution is 2.78. The Balaban J connectivity index is 1.41. The number of furan rings is 1. The lowest BCUT2D eigenvalue weighted by molar-refractivity contribution is -0.164. The number of esters is 1. The van der Waals surface area contributed by atoms with E-state index in [9.17, 15) is 9.59 Å². The molecule has 0 amide bonds. The predicted octanol–water partition coefficient (Wildman–Crippen LogP) is 5.02. The molecule has 3 heterocycles. The van der Waals surface area contributed by atoms with Gasteiger partial charge in [-0.3, -0.25) is 9.59 Å². The third-order valence-corrected chi connectivity index (χ3v) is 10.8. The summed E-state index contributed by atoms with van der Waals surface area (Å²) in [5.74, 6) is 2.98. The molecule has 32 heavy (non-hydrogen) atoms. The Bertz CT molecular complexity index is 1080. The summed E-state index contributed by atoms with van der Waals surface area (Å²) in [7, 11) is 0. The number of carbonyl (C=O) groups is 2. The highest BCUT2D eigenvalue weighted by Gasteiger charge is 2.82. The number of aryl methyl sites for hydroxylation is 1. The Labute approximate surface area is 188 Å². The fourth-order valence-electron chi connectivity index (χ4n) is 9.14. The van der Waals surface area contributed by atoms with E-state index in [2.05, 4.69) is 26.0 Å². The molecule has 0 bridgehead atoms. The van der Waals surface area contributed by atoms with Crippen LogP contribution in [0.5, 0.6) is 0 Å². The highest BCUT2D eigenvalue weighted by molar-refractivity contribution is 5.83. The number of epoxide rings is 1. The van der Waals surface area contributed by atoms with Crippen molar-refractivity contribution >= 4 is 11.8 Å². The van der Waals surface area contributed by atoms with Gasteiger partial charge in [-0.2, -0.15) is 0 Å². The van der Waals surface area contributed by atoms with E-state index >= 15 is 0 Å². The molecule has 3 saturated carbocycles. The molecule has 170 valence electrons. The molecule has 5 nitrogen and oxygen atoms in total. The highest BCUT2D eigenvalue weighted by atomic mass is 16.6. The number of allylic oxidation sites excluding steroid dienone is 1. The molecular formula is C27H32O5. The van der Waals surface area contributed by atoms with Gasteiger partial charge in [-0.25, -0.2) is 0 Å². The van der Waals surface area contributed by atoms with Crippen molar-refractivity contribution in [2.45, 2.75) is 95.4 Å². The van der Waals surface area contributed by atoms with Gasteiger partial charge in [-0.15, -0.1) is 0 Å². The molecule has 0 radical (unpaired) electrons. The van der Waals surface area contributed by atoms with Crippen molar-refractivity contribution in [2.24, 2.45) is 22.7 Å². The maximum atomic E-state index is 12.5. The summed E-state index contributed by atoms with van der Waals surface area (Å²) in [5, 5.41) is 0. The van der Waals surface area contributed by atoms with Gasteiger partial charge >= 0.3 is 5.97 Å². The number of fused-ring (bicyclic) bond motifs is 4. The van der Waals surface area contributed by atoms with Crippen LogP contribution in [0.4, 0.5) is 0 Å². The Morgan fingerprint density at radius 2 is 1.91 bits per heavy atom. The average molecular weight is 437 g/mol. The van der Waals surface area contributed by atoms with E-state index in [1.54, 1.807) is 0 Å². The van der Waals surface area contributed by atoms with Gasteiger partial charge in [0.05, 0.1) is 6.10 Å². The second kappa shape index (κ2) is 5.78. The molecule has 0 N–H and O–H groups in total. The van der Waals surface area contributed by atoms with E-state index in [1.165, 1.54) is 5.57 Å². The Kier molecular flexibility index (Phi) is 3.54. The fraction of sp³-hybridized carbons (Fsp3) is 0.704. The second-order valence-electron chi connectivity index (χ2n) is 11.9. The van der Waals surface area contributed by atoms with Gasteiger partial charge in [0, 0.05) is 41.9 Å². The lowest BCUT2D eigenvalue weighted by Gasteiger charge is -2.57. The zero-order chi connectivity index (χ0) is 22.1. The summed E-state index contributed by atoms with van der Waals surface area (Å²) in [6, 6.07) is 4.16. The summed E-state index contributed by atoms with van der Waals surface area (Å²) >= 11 is 0. The lowest BCUT2D eigenvalue weighted by atomic mass is 9.44. The van der Waals surface area contributed by atoms with Crippen LogP contribution in [0.15, 0.2) is 28.2 Å². The molecule has 0 aromatic carbocycles. The molecule has 0 unspecified atom stereocenters. The normalized spacial score (nSPS) is 50.9. The first-order valence-electron chi connectivity index (χ1n) is 12.4. The minimum atomic E-state index is -0.343. The van der Waals surface area contributed by atoms with Crippen LogP contribution in [0.2, 0.25) is 0 Å². The zero-order valence-corrected chi connectivity index (χ0v) is 19.2. The number of ketones is 1. The fourth-order valence-corrected chi connectivity index (χ4v) is 9.14. The Hall–Kier alpha value is -1.88. The van der Waals surface area contributed by atoms with Crippen molar-refractivity contribution < 1.29 is 23.5 Å². The van der Waals surface area contributed by atoms with E-state index in [4.69, 9.17) is 13.9 Å². The summed E-state index contributed by atoms with van der Waals surface area (Å²) in [6.45, 7) is 6.71. The first kappa shape index (κ1) is 19.6. The number of Topliss-reactive ketones (excluding diaryl/α,β-unsaturated/α-hetero) is 1. The molecule has 8 atom stereocenters. The van der Waals surface area contributed by atoms with Gasteiger partial charge < -0.3 is 13.9 Å². The summed E-state index contributed by atoms with van der Waals surface area (Å²) in [6.07, 6.45) is 8.92. The molecule has 6 aliphatic rings. The van der Waals surface area contributed by atoms with Crippen molar-refractivity contribution in [1.29, 1.82) is 0 Å². The van der Waals surface area contributed by atoms with E-state index in [0.29, 0.717) is 31.0 Å². The summed E-state index contributed by atoms with van der Waals surface area (Å²) in [4.78, 5) is 24.7. The molecule has 5 heteroatoms. The lowest BCUT2D eigenvalue weighted by Crippen LogP contribution is -2.61. The van der Waals surface area contributed by atoms with Crippen molar-refractivity contribution in [1.82, 2.24) is 0 Å². The third kappa shape index (κ3) is 2.06. The third-order valence-electron chi connectivity index (χ3n) is 10.8. The average Bonchev–Trinajstić information content (AvgIpc) is 3.00. The minimum Gasteiger partial charge on any atom is -0.466 e. The largest absolute Gasteiger partial charge is 0.466 e. The standard InChI is InChI=1S/C27H32O5/c1-15-4-5-20(30-15)18-13-16-12-17(28)6-9-24(16,2)27-21(31-27)14-25(3)19(23(18)27)7-10-26(25)11-8-22(29)32-26/h4-5,13,18-19,21,23H,6-12,14H2,1-3H3/t18-,19-,21+,23-,24-,25-,26+,27+/m0/s1. The summed E-state index contributed by atoms with van der Waals surface area (Å²) in [5.41, 5.74) is 0.499. The van der Waals surface area contributed by atoms with Crippen molar-refractivity contribution in [3.05, 3.63) is 35.3 Å². The molecule has 7 rings (SSSR count). The van der Waals surface area contributed by atoms with Crippen LogP contribution in [0, 0.1) is 29.6 Å². The van der Waals surface area contributed by atoms with Crippen molar-refractivity contribution in [3.8, 4) is 0 Å². The minimum absolute atomic E-state index is 0.0396. The monoisotopic (exact) mass is 436 g/mol. The molecule has 1 aromatic heterocycles. The summed E-state index contributed by atoms with van der Waals surface area (Å²) < 4.78 is 19.2. The molecule has 1 aromatic rings. The van der Waals surface area contributed by atoms with Crippen LogP contribution < -0.4 is 0 Å². The molecule has 2 saturated heterocycles. The number of rotatable bonds is 1. The molecule has 5 fully saturated rings. The van der Waals surface area contributed by atoms with E-state index < -0.39 is 0 Å². The maximum Gasteiger partial charge on any atom is 0.306 e. The van der Waals surface area contributed by atoms with Crippen LogP contribution in [0.1, 0.15) is 82.7 Å². The van der Waals surface area contributed by atoms with Gasteiger partial charge in [-0.1, -0.05) is 25.5 Å². The van der Waals surface area contributed by atoms with Gasteiger partial charge in [0.1, 0.15) is 28.5 Å². The van der Waals surface area contributed by atoms with E-state index in [0.717, 1.165) is 43.6 Å². The molecule has 2 aliphatic heterocycles. The van der Waals surface area contributed by atoms with Crippen LogP contribution in [0.3, 0.4) is 0 Å². The van der Waals surface area contributed by atoms with Gasteiger partial charge in [0.15, 0.2) is 0 Å². The van der Waals surface area contributed by atoms with E-state index in [-0.39, 0.29) is 45.9 Å². The van der Waals surface area contributed by atoms with Gasteiger partial charge in [0.25, 0.3) is 0 Å². The van der Waals surface area contributed by atoms with Crippen LogP contribution in [-0.4, -0.2) is 29.1 Å². The van der Waals surface area contributed by atoms with Crippen LogP contribution in [-0.2, 0) is 19.1 Å². The van der Waals surface area contributed by atoms with E-state index in [1.807, 2.05) is 13.0 Å². The number of hydrogen-bond acceptors (Lipinski definition) is 5. The smallest absolute Gasteiger partial charge is 0.306 e. The Morgan fingerprint density at radius 1 is 1.06 bits per heavy atom. The van der Waals surface area contributed by atoms with Gasteiger partial charge in [0.2, 0.25) is 0 Å². The molecule has 2 spiro atoms. The molecular weight excluding hydrogens is 404 g/mol. The Morgan fingerprint density at radius 3 is 2.62 bits per heavy atom. The van der Waals surface area contributed by atoms with Crippen molar-refractivity contribution in [3.63, 3.8) is 0 Å².